The molecule has 0 radical (unpaired) electrons. The van der Waals surface area contributed by atoms with Crippen LogP contribution in [-0.4, -0.2) is 26.8 Å². The van der Waals surface area contributed by atoms with Crippen molar-refractivity contribution in [1.29, 1.82) is 0 Å². The molecular formula is C12H14Br2N2O2S3. The third-order valence-corrected chi connectivity index (χ3v) is 8.48. The first-order chi connectivity index (χ1) is 9.84. The number of hydrogen-bond donors (Lipinski definition) is 1. The van der Waals surface area contributed by atoms with Crippen LogP contribution in [0.3, 0.4) is 0 Å². The minimum absolute atomic E-state index is 0.330. The number of rotatable bonds is 6. The molecule has 0 fully saturated rings. The monoisotopic (exact) mass is 472 g/mol. The van der Waals surface area contributed by atoms with E-state index in [1.807, 2.05) is 18.5 Å². The summed E-state index contributed by atoms with van der Waals surface area (Å²) in [7, 11) is -0.0577. The van der Waals surface area contributed by atoms with Crippen LogP contribution in [0.4, 0.5) is 0 Å². The molecule has 4 nitrogen and oxygen atoms in total. The van der Waals surface area contributed by atoms with E-state index in [2.05, 4.69) is 37.2 Å². The van der Waals surface area contributed by atoms with Gasteiger partial charge in [-0.1, -0.05) is 0 Å². The van der Waals surface area contributed by atoms with E-state index in [-0.39, 0.29) is 0 Å². The maximum atomic E-state index is 12.7. The van der Waals surface area contributed by atoms with Gasteiger partial charge in [0.2, 0.25) is 10.0 Å². The van der Waals surface area contributed by atoms with Crippen LogP contribution >= 0.6 is 54.5 Å². The number of halogens is 2. The predicted octanol–water partition coefficient (Wildman–Crippen LogP) is 3.87. The van der Waals surface area contributed by atoms with Gasteiger partial charge < -0.3 is 5.32 Å². The van der Waals surface area contributed by atoms with E-state index in [0.29, 0.717) is 21.8 Å². The second kappa shape index (κ2) is 7.20. The van der Waals surface area contributed by atoms with Gasteiger partial charge in [0.05, 0.1) is 3.79 Å². The predicted molar refractivity (Wildman–Crippen MR) is 95.5 cm³/mol. The molecule has 0 aliphatic rings. The molecule has 116 valence electrons. The van der Waals surface area contributed by atoms with Crippen LogP contribution < -0.4 is 5.32 Å². The number of nitrogens with zero attached hydrogens (tertiary/aromatic N) is 1. The maximum absolute atomic E-state index is 12.7. The van der Waals surface area contributed by atoms with Gasteiger partial charge in [0.25, 0.3) is 0 Å². The summed E-state index contributed by atoms with van der Waals surface area (Å²) in [5, 5.41) is 4.97. The van der Waals surface area contributed by atoms with Gasteiger partial charge in [-0.15, -0.1) is 22.7 Å². The summed E-state index contributed by atoms with van der Waals surface area (Å²) in [5.74, 6) is 0. The SMILES string of the molecule is CNCc1cc(S(=O)(=O)N(C)Cc2cc(Br)cs2)c(Br)s1. The van der Waals surface area contributed by atoms with E-state index in [0.717, 1.165) is 14.2 Å². The summed E-state index contributed by atoms with van der Waals surface area (Å²) in [4.78, 5) is 2.31. The fraction of sp³-hybridized carbons (Fsp3) is 0.333. The lowest BCUT2D eigenvalue weighted by atomic mass is 10.5. The van der Waals surface area contributed by atoms with Crippen molar-refractivity contribution in [2.24, 2.45) is 0 Å². The Hall–Kier alpha value is 0.230. The topological polar surface area (TPSA) is 49.4 Å². The first-order valence-electron chi connectivity index (χ1n) is 5.96. The van der Waals surface area contributed by atoms with E-state index in [9.17, 15) is 8.42 Å². The van der Waals surface area contributed by atoms with Crippen LogP contribution in [0.5, 0.6) is 0 Å². The van der Waals surface area contributed by atoms with Crippen LogP contribution in [0.1, 0.15) is 9.75 Å². The van der Waals surface area contributed by atoms with Gasteiger partial charge in [0, 0.05) is 39.7 Å². The number of sulfonamides is 1. The summed E-state index contributed by atoms with van der Waals surface area (Å²) in [6.07, 6.45) is 0. The molecule has 21 heavy (non-hydrogen) atoms. The molecule has 0 saturated heterocycles. The zero-order valence-corrected chi connectivity index (χ0v) is 17.0. The highest BCUT2D eigenvalue weighted by Crippen LogP contribution is 2.34. The lowest BCUT2D eigenvalue weighted by Gasteiger charge is -2.15. The fourth-order valence-electron chi connectivity index (χ4n) is 1.74. The molecule has 0 amide bonds. The van der Waals surface area contributed by atoms with Gasteiger partial charge in [-0.25, -0.2) is 8.42 Å². The standard InChI is InChI=1S/C12H14Br2N2O2S3/c1-15-5-9-4-11(12(14)20-9)21(17,18)16(2)6-10-3-8(13)7-19-10/h3-4,7,15H,5-6H2,1-2H3. The molecule has 0 spiro atoms. The Morgan fingerprint density at radius 1 is 1.29 bits per heavy atom. The van der Waals surface area contributed by atoms with Gasteiger partial charge in [-0.3, -0.25) is 0 Å². The molecule has 2 aromatic heterocycles. The lowest BCUT2D eigenvalue weighted by Crippen LogP contribution is -2.26. The minimum Gasteiger partial charge on any atom is -0.315 e. The number of hydrogen-bond acceptors (Lipinski definition) is 5. The van der Waals surface area contributed by atoms with Gasteiger partial charge in [-0.05, 0) is 51.0 Å². The smallest absolute Gasteiger partial charge is 0.245 e. The normalized spacial score (nSPS) is 12.2. The number of thiophene rings is 2. The Morgan fingerprint density at radius 2 is 2.00 bits per heavy atom. The second-order valence-corrected chi connectivity index (χ2v) is 10.8. The average Bonchev–Trinajstić information content (AvgIpc) is 2.96. The lowest BCUT2D eigenvalue weighted by molar-refractivity contribution is 0.469. The van der Waals surface area contributed by atoms with Crippen molar-refractivity contribution in [1.82, 2.24) is 9.62 Å². The molecule has 0 unspecified atom stereocenters. The van der Waals surface area contributed by atoms with Crippen molar-refractivity contribution in [2.75, 3.05) is 14.1 Å². The summed E-state index contributed by atoms with van der Waals surface area (Å²) < 4.78 is 28.3. The molecule has 2 aromatic rings. The Kier molecular flexibility index (Phi) is 6.03. The van der Waals surface area contributed by atoms with Crippen LogP contribution in [0.25, 0.3) is 0 Å². The van der Waals surface area contributed by atoms with E-state index in [4.69, 9.17) is 0 Å². The first-order valence-corrected chi connectivity index (χ1v) is 10.7. The molecule has 1 N–H and O–H groups in total. The molecule has 0 aromatic carbocycles. The quantitative estimate of drug-likeness (QED) is 0.692. The van der Waals surface area contributed by atoms with E-state index in [1.54, 1.807) is 13.1 Å². The third-order valence-electron chi connectivity index (χ3n) is 2.75. The van der Waals surface area contributed by atoms with E-state index >= 15 is 0 Å². The van der Waals surface area contributed by atoms with Crippen molar-refractivity contribution in [2.45, 2.75) is 18.0 Å². The Balaban J connectivity index is 2.24. The zero-order chi connectivity index (χ0) is 15.6. The minimum atomic E-state index is -3.50. The van der Waals surface area contributed by atoms with Gasteiger partial charge >= 0.3 is 0 Å². The van der Waals surface area contributed by atoms with Crippen molar-refractivity contribution in [3.05, 3.63) is 35.5 Å². The van der Waals surface area contributed by atoms with E-state index < -0.39 is 10.0 Å². The third kappa shape index (κ3) is 4.15. The Bertz CT molecular complexity index is 725. The van der Waals surface area contributed by atoms with Gasteiger partial charge in [-0.2, -0.15) is 4.31 Å². The average molecular weight is 474 g/mol. The maximum Gasteiger partial charge on any atom is 0.245 e. The molecule has 2 rings (SSSR count). The molecule has 2 heterocycles. The molecule has 9 heteroatoms. The largest absolute Gasteiger partial charge is 0.315 e. The summed E-state index contributed by atoms with van der Waals surface area (Å²) in [6.45, 7) is 1.02. The van der Waals surface area contributed by atoms with Crippen LogP contribution in [0, 0.1) is 0 Å². The van der Waals surface area contributed by atoms with Crippen molar-refractivity contribution in [3.63, 3.8) is 0 Å². The zero-order valence-electron chi connectivity index (χ0n) is 11.4. The second-order valence-electron chi connectivity index (χ2n) is 4.37. The highest BCUT2D eigenvalue weighted by molar-refractivity contribution is 9.11. The fourth-order valence-corrected chi connectivity index (χ4v) is 7.12. The molecule has 0 aliphatic carbocycles. The molecule has 0 atom stereocenters. The molecule has 0 bridgehead atoms. The van der Waals surface area contributed by atoms with Crippen molar-refractivity contribution >= 4 is 64.6 Å². The highest BCUT2D eigenvalue weighted by atomic mass is 79.9. The Morgan fingerprint density at radius 3 is 2.57 bits per heavy atom. The van der Waals surface area contributed by atoms with Gasteiger partial charge in [0.1, 0.15) is 4.90 Å². The van der Waals surface area contributed by atoms with Gasteiger partial charge in [0.15, 0.2) is 0 Å². The molecule has 0 saturated carbocycles. The summed E-state index contributed by atoms with van der Waals surface area (Å²) in [5.41, 5.74) is 0. The van der Waals surface area contributed by atoms with Crippen molar-refractivity contribution < 1.29 is 8.42 Å². The summed E-state index contributed by atoms with van der Waals surface area (Å²) >= 11 is 9.71. The van der Waals surface area contributed by atoms with Crippen molar-refractivity contribution in [3.8, 4) is 0 Å². The highest BCUT2D eigenvalue weighted by Gasteiger charge is 2.26. The number of nitrogens with one attached hydrogen (secondary N) is 1. The Labute approximate surface area is 149 Å². The summed E-state index contributed by atoms with van der Waals surface area (Å²) in [6, 6.07) is 3.66. The first kappa shape index (κ1) is 17.6. The van der Waals surface area contributed by atoms with E-state index in [1.165, 1.54) is 27.0 Å². The molecule has 0 aliphatic heterocycles. The van der Waals surface area contributed by atoms with Crippen LogP contribution in [0.15, 0.2) is 30.7 Å². The van der Waals surface area contributed by atoms with Crippen LogP contribution in [-0.2, 0) is 23.1 Å². The molecular weight excluding hydrogens is 460 g/mol. The van der Waals surface area contributed by atoms with Crippen LogP contribution in [0.2, 0.25) is 0 Å².